The number of hydrogen-bond acceptors (Lipinski definition) is 8. The molecule has 0 amide bonds. The highest BCUT2D eigenvalue weighted by molar-refractivity contribution is 7.98. The standard InChI is InChI=1S/C16H15FN8OS/c1-9-7-10(2)25(22-9)15-20-21-16(24(15)18)27-8-13-19-14(23-26-13)11-3-5-12(17)6-4-11/h3-7H,8,18H2,1-2H3. The summed E-state index contributed by atoms with van der Waals surface area (Å²) in [6.07, 6.45) is 0. The monoisotopic (exact) mass is 386 g/mol. The fraction of sp³-hybridized carbons (Fsp3) is 0.188. The lowest BCUT2D eigenvalue weighted by Crippen LogP contribution is -2.17. The first-order valence-electron chi connectivity index (χ1n) is 7.97. The molecular weight excluding hydrogens is 371 g/mol. The Morgan fingerprint density at radius 1 is 1.19 bits per heavy atom. The molecule has 0 aliphatic carbocycles. The fourth-order valence-electron chi connectivity index (χ4n) is 2.50. The van der Waals surface area contributed by atoms with Crippen molar-refractivity contribution in [3.8, 4) is 17.3 Å². The van der Waals surface area contributed by atoms with Crippen molar-refractivity contribution in [1.82, 2.24) is 34.8 Å². The Morgan fingerprint density at radius 3 is 2.67 bits per heavy atom. The molecule has 0 saturated carbocycles. The second-order valence-corrected chi connectivity index (χ2v) is 6.74. The summed E-state index contributed by atoms with van der Waals surface area (Å²) in [6.45, 7) is 3.81. The van der Waals surface area contributed by atoms with Gasteiger partial charge in [0, 0.05) is 11.3 Å². The topological polar surface area (TPSA) is 113 Å². The van der Waals surface area contributed by atoms with E-state index in [1.54, 1.807) is 16.8 Å². The van der Waals surface area contributed by atoms with Crippen molar-refractivity contribution >= 4 is 11.8 Å². The summed E-state index contributed by atoms with van der Waals surface area (Å²) < 4.78 is 21.2. The zero-order valence-corrected chi connectivity index (χ0v) is 15.3. The summed E-state index contributed by atoms with van der Waals surface area (Å²) in [4.78, 5) is 4.30. The van der Waals surface area contributed by atoms with Crippen LogP contribution in [0.3, 0.4) is 0 Å². The van der Waals surface area contributed by atoms with E-state index in [-0.39, 0.29) is 5.82 Å². The number of benzene rings is 1. The maximum atomic E-state index is 13.0. The highest BCUT2D eigenvalue weighted by atomic mass is 32.2. The van der Waals surface area contributed by atoms with Gasteiger partial charge in [0.2, 0.25) is 16.9 Å². The van der Waals surface area contributed by atoms with Crippen molar-refractivity contribution in [3.05, 3.63) is 53.4 Å². The number of hydrogen-bond donors (Lipinski definition) is 1. The van der Waals surface area contributed by atoms with Gasteiger partial charge in [-0.1, -0.05) is 16.9 Å². The number of halogens is 1. The number of thioether (sulfide) groups is 1. The Morgan fingerprint density at radius 2 is 1.96 bits per heavy atom. The predicted octanol–water partition coefficient (Wildman–Crippen LogP) is 2.28. The lowest BCUT2D eigenvalue weighted by molar-refractivity contribution is 0.391. The van der Waals surface area contributed by atoms with Crippen LogP contribution in [0.4, 0.5) is 4.39 Å². The minimum Gasteiger partial charge on any atom is -0.338 e. The van der Waals surface area contributed by atoms with Crippen molar-refractivity contribution in [2.45, 2.75) is 24.8 Å². The van der Waals surface area contributed by atoms with Gasteiger partial charge in [-0.05, 0) is 44.2 Å². The highest BCUT2D eigenvalue weighted by Gasteiger charge is 2.16. The number of nitrogens with two attached hydrogens (primary N) is 1. The summed E-state index contributed by atoms with van der Waals surface area (Å²) in [6, 6.07) is 7.80. The van der Waals surface area contributed by atoms with E-state index < -0.39 is 0 Å². The Hall–Kier alpha value is -3.21. The molecule has 0 atom stereocenters. The summed E-state index contributed by atoms with van der Waals surface area (Å²) >= 11 is 1.31. The molecule has 0 aliphatic rings. The Bertz CT molecular complexity index is 1080. The molecule has 27 heavy (non-hydrogen) atoms. The van der Waals surface area contributed by atoms with Gasteiger partial charge in [0.15, 0.2) is 0 Å². The molecular formula is C16H15FN8OS. The molecule has 0 unspecified atom stereocenters. The molecule has 4 rings (SSSR count). The first kappa shape index (κ1) is 17.2. The van der Waals surface area contributed by atoms with Crippen molar-refractivity contribution < 1.29 is 8.91 Å². The molecule has 9 nitrogen and oxygen atoms in total. The third-order valence-corrected chi connectivity index (χ3v) is 4.67. The number of nitrogens with zero attached hydrogens (tertiary/aromatic N) is 7. The van der Waals surface area contributed by atoms with E-state index in [9.17, 15) is 4.39 Å². The van der Waals surface area contributed by atoms with Gasteiger partial charge < -0.3 is 10.4 Å². The van der Waals surface area contributed by atoms with Gasteiger partial charge in [-0.25, -0.2) is 13.7 Å². The maximum Gasteiger partial charge on any atom is 0.271 e. The Labute approximate surface area is 157 Å². The molecule has 3 heterocycles. The molecule has 138 valence electrons. The number of nitrogen functional groups attached to an aromatic ring is 1. The molecule has 0 aliphatic heterocycles. The predicted molar refractivity (Wildman–Crippen MR) is 96.0 cm³/mol. The van der Waals surface area contributed by atoms with Crippen LogP contribution in [0.5, 0.6) is 0 Å². The van der Waals surface area contributed by atoms with Crippen molar-refractivity contribution in [2.75, 3.05) is 5.84 Å². The van der Waals surface area contributed by atoms with Crippen LogP contribution >= 0.6 is 11.8 Å². The van der Waals surface area contributed by atoms with Crippen LogP contribution in [0.15, 0.2) is 40.0 Å². The third kappa shape index (κ3) is 3.40. The average Bonchev–Trinajstić information content (AvgIpc) is 3.33. The first-order chi connectivity index (χ1) is 13.0. The van der Waals surface area contributed by atoms with E-state index in [0.717, 1.165) is 11.4 Å². The zero-order valence-electron chi connectivity index (χ0n) is 14.5. The van der Waals surface area contributed by atoms with Crippen LogP contribution in [-0.4, -0.2) is 34.8 Å². The summed E-state index contributed by atoms with van der Waals surface area (Å²) in [5.41, 5.74) is 2.44. The van der Waals surface area contributed by atoms with Gasteiger partial charge in [0.1, 0.15) is 5.82 Å². The first-order valence-corrected chi connectivity index (χ1v) is 8.95. The largest absolute Gasteiger partial charge is 0.338 e. The van der Waals surface area contributed by atoms with Gasteiger partial charge in [-0.15, -0.1) is 10.2 Å². The molecule has 0 bridgehead atoms. The molecule has 3 aromatic heterocycles. The minimum absolute atomic E-state index is 0.321. The summed E-state index contributed by atoms with van der Waals surface area (Å²) in [5.74, 6) is 7.34. The van der Waals surface area contributed by atoms with E-state index >= 15 is 0 Å². The smallest absolute Gasteiger partial charge is 0.271 e. The lowest BCUT2D eigenvalue weighted by Gasteiger charge is -2.03. The Balaban J connectivity index is 1.48. The number of aryl methyl sites for hydroxylation is 2. The molecule has 0 fully saturated rings. The molecule has 11 heteroatoms. The zero-order chi connectivity index (χ0) is 19.0. The second-order valence-electron chi connectivity index (χ2n) is 5.80. The molecule has 2 N–H and O–H groups in total. The van der Waals surface area contributed by atoms with Gasteiger partial charge in [-0.3, -0.25) is 0 Å². The number of rotatable bonds is 5. The van der Waals surface area contributed by atoms with Crippen LogP contribution in [0.25, 0.3) is 17.3 Å². The van der Waals surface area contributed by atoms with Gasteiger partial charge >= 0.3 is 0 Å². The quantitative estimate of drug-likeness (QED) is 0.410. The van der Waals surface area contributed by atoms with Crippen LogP contribution in [0.1, 0.15) is 17.3 Å². The van der Waals surface area contributed by atoms with Gasteiger partial charge in [0.05, 0.1) is 11.4 Å². The van der Waals surface area contributed by atoms with Crippen molar-refractivity contribution in [1.29, 1.82) is 0 Å². The van der Waals surface area contributed by atoms with E-state index in [2.05, 4.69) is 25.4 Å². The molecule has 0 spiro atoms. The van der Waals surface area contributed by atoms with Crippen LogP contribution < -0.4 is 5.84 Å². The maximum absolute atomic E-state index is 13.0. The molecule has 4 aromatic rings. The van der Waals surface area contributed by atoms with Crippen LogP contribution in [0.2, 0.25) is 0 Å². The lowest BCUT2D eigenvalue weighted by atomic mass is 10.2. The van der Waals surface area contributed by atoms with E-state index in [1.807, 2.05) is 19.9 Å². The Kier molecular flexibility index (Phi) is 4.36. The normalized spacial score (nSPS) is 11.2. The number of aromatic nitrogens is 7. The third-order valence-electron chi connectivity index (χ3n) is 3.74. The van der Waals surface area contributed by atoms with Gasteiger partial charge in [-0.2, -0.15) is 10.1 Å². The highest BCUT2D eigenvalue weighted by Crippen LogP contribution is 2.23. The SMILES string of the molecule is Cc1cc(C)n(-c2nnc(SCc3nc(-c4ccc(F)cc4)no3)n2N)n1. The summed E-state index contributed by atoms with van der Waals surface area (Å²) in [7, 11) is 0. The minimum atomic E-state index is -0.321. The van der Waals surface area contributed by atoms with Crippen LogP contribution in [0, 0.1) is 19.7 Å². The average molecular weight is 386 g/mol. The summed E-state index contributed by atoms with van der Waals surface area (Å²) in [5, 5.41) is 16.9. The van der Waals surface area contributed by atoms with Crippen molar-refractivity contribution in [2.24, 2.45) is 0 Å². The second kappa shape index (κ2) is 6.83. The van der Waals surface area contributed by atoms with E-state index in [1.165, 1.54) is 28.6 Å². The molecule has 1 aromatic carbocycles. The van der Waals surface area contributed by atoms with Crippen molar-refractivity contribution in [3.63, 3.8) is 0 Å². The van der Waals surface area contributed by atoms with Crippen LogP contribution in [-0.2, 0) is 5.75 Å². The fourth-order valence-corrected chi connectivity index (χ4v) is 3.19. The van der Waals surface area contributed by atoms with Gasteiger partial charge in [0.25, 0.3) is 5.95 Å². The van der Waals surface area contributed by atoms with E-state index in [0.29, 0.717) is 34.1 Å². The molecule has 0 radical (unpaired) electrons. The van der Waals surface area contributed by atoms with E-state index in [4.69, 9.17) is 10.4 Å². The molecule has 0 saturated heterocycles.